The van der Waals surface area contributed by atoms with E-state index in [9.17, 15) is 4.79 Å². The second-order valence-electron chi connectivity index (χ2n) is 3.03. The standard InChI is InChI=1S/C10H11N3OS2/c14-9(7-16-10-2-1-5-15-10)13-6-8-11-3-4-12-8/h1-5H,6-7H2,(H,11,12)(H,13,14). The normalized spacial score (nSPS) is 10.2. The largest absolute Gasteiger partial charge is 0.348 e. The highest BCUT2D eigenvalue weighted by Gasteiger charge is 2.03. The first-order valence-corrected chi connectivity index (χ1v) is 6.62. The van der Waals surface area contributed by atoms with Crippen LogP contribution in [0.15, 0.2) is 34.1 Å². The molecule has 2 aromatic heterocycles. The lowest BCUT2D eigenvalue weighted by molar-refractivity contribution is -0.118. The molecule has 0 radical (unpaired) electrons. The van der Waals surface area contributed by atoms with Gasteiger partial charge in [0.1, 0.15) is 5.82 Å². The summed E-state index contributed by atoms with van der Waals surface area (Å²) in [5.41, 5.74) is 0. The van der Waals surface area contributed by atoms with Crippen LogP contribution in [0.1, 0.15) is 5.82 Å². The lowest BCUT2D eigenvalue weighted by Gasteiger charge is -2.01. The predicted molar refractivity (Wildman–Crippen MR) is 65.5 cm³/mol. The Hall–Kier alpha value is -1.27. The summed E-state index contributed by atoms with van der Waals surface area (Å²) < 4.78 is 1.16. The van der Waals surface area contributed by atoms with Crippen molar-refractivity contribution < 1.29 is 4.79 Å². The second-order valence-corrected chi connectivity index (χ2v) is 5.26. The first kappa shape index (κ1) is 11.2. The van der Waals surface area contributed by atoms with Crippen molar-refractivity contribution in [2.24, 2.45) is 0 Å². The fourth-order valence-electron chi connectivity index (χ4n) is 1.11. The smallest absolute Gasteiger partial charge is 0.230 e. The van der Waals surface area contributed by atoms with E-state index in [1.165, 1.54) is 0 Å². The van der Waals surface area contributed by atoms with Crippen molar-refractivity contribution in [3.8, 4) is 0 Å². The Labute approximate surface area is 101 Å². The van der Waals surface area contributed by atoms with E-state index in [2.05, 4.69) is 15.3 Å². The van der Waals surface area contributed by atoms with Gasteiger partial charge < -0.3 is 10.3 Å². The van der Waals surface area contributed by atoms with Gasteiger partial charge in [-0.25, -0.2) is 4.98 Å². The molecule has 0 fully saturated rings. The molecule has 0 saturated heterocycles. The van der Waals surface area contributed by atoms with Gasteiger partial charge in [-0.05, 0) is 11.4 Å². The van der Waals surface area contributed by atoms with Crippen LogP contribution in [0.2, 0.25) is 0 Å². The quantitative estimate of drug-likeness (QED) is 0.800. The Morgan fingerprint density at radius 3 is 3.25 bits per heavy atom. The molecular weight excluding hydrogens is 242 g/mol. The van der Waals surface area contributed by atoms with Gasteiger partial charge in [-0.1, -0.05) is 6.07 Å². The van der Waals surface area contributed by atoms with E-state index in [-0.39, 0.29) is 5.91 Å². The molecule has 16 heavy (non-hydrogen) atoms. The highest BCUT2D eigenvalue weighted by atomic mass is 32.2. The number of carbonyl (C=O) groups excluding carboxylic acids is 1. The molecule has 0 aromatic carbocycles. The van der Waals surface area contributed by atoms with Gasteiger partial charge in [0.2, 0.25) is 5.91 Å². The van der Waals surface area contributed by atoms with Gasteiger partial charge in [0.05, 0.1) is 16.5 Å². The Balaban J connectivity index is 1.69. The van der Waals surface area contributed by atoms with Gasteiger partial charge in [-0.15, -0.1) is 23.1 Å². The van der Waals surface area contributed by atoms with E-state index in [4.69, 9.17) is 0 Å². The third-order valence-electron chi connectivity index (χ3n) is 1.85. The van der Waals surface area contributed by atoms with Gasteiger partial charge in [0.25, 0.3) is 0 Å². The molecule has 2 heterocycles. The molecule has 0 aliphatic heterocycles. The van der Waals surface area contributed by atoms with Crippen LogP contribution in [0.4, 0.5) is 0 Å². The molecular formula is C10H11N3OS2. The zero-order valence-electron chi connectivity index (χ0n) is 8.47. The molecule has 0 aliphatic carbocycles. The Morgan fingerprint density at radius 2 is 2.56 bits per heavy atom. The SMILES string of the molecule is O=C(CSc1cccs1)NCc1ncc[nH]1. The van der Waals surface area contributed by atoms with Crippen LogP contribution in [0.25, 0.3) is 0 Å². The Kier molecular flexibility index (Phi) is 4.01. The minimum absolute atomic E-state index is 0.0230. The second kappa shape index (κ2) is 5.72. The van der Waals surface area contributed by atoms with Crippen LogP contribution in [-0.4, -0.2) is 21.6 Å². The number of nitrogens with zero attached hydrogens (tertiary/aromatic N) is 1. The van der Waals surface area contributed by atoms with Crippen LogP contribution < -0.4 is 5.32 Å². The highest BCUT2D eigenvalue weighted by molar-refractivity contribution is 8.01. The van der Waals surface area contributed by atoms with Crippen molar-refractivity contribution in [1.29, 1.82) is 0 Å². The average Bonchev–Trinajstić information content (AvgIpc) is 2.96. The molecule has 0 unspecified atom stereocenters. The third-order valence-corrected chi connectivity index (χ3v) is 3.98. The first-order valence-electron chi connectivity index (χ1n) is 4.76. The minimum atomic E-state index is 0.0230. The Bertz CT molecular complexity index is 385. The molecule has 0 bridgehead atoms. The summed E-state index contributed by atoms with van der Waals surface area (Å²) >= 11 is 3.19. The molecule has 6 heteroatoms. The maximum absolute atomic E-state index is 11.5. The van der Waals surface area contributed by atoms with Crippen LogP contribution >= 0.6 is 23.1 Å². The summed E-state index contributed by atoms with van der Waals surface area (Å²) in [5, 5.41) is 4.80. The van der Waals surface area contributed by atoms with Gasteiger partial charge >= 0.3 is 0 Å². The minimum Gasteiger partial charge on any atom is -0.348 e. The summed E-state index contributed by atoms with van der Waals surface area (Å²) in [4.78, 5) is 18.4. The van der Waals surface area contributed by atoms with Crippen LogP contribution in [0.3, 0.4) is 0 Å². The van der Waals surface area contributed by atoms with Crippen molar-refractivity contribution in [1.82, 2.24) is 15.3 Å². The number of imidazole rings is 1. The summed E-state index contributed by atoms with van der Waals surface area (Å²) in [6.07, 6.45) is 3.41. The average molecular weight is 253 g/mol. The number of aromatic amines is 1. The molecule has 84 valence electrons. The lowest BCUT2D eigenvalue weighted by Crippen LogP contribution is -2.24. The Morgan fingerprint density at radius 1 is 1.62 bits per heavy atom. The maximum Gasteiger partial charge on any atom is 0.230 e. The van der Waals surface area contributed by atoms with Crippen LogP contribution in [-0.2, 0) is 11.3 Å². The van der Waals surface area contributed by atoms with Gasteiger partial charge in [-0.3, -0.25) is 4.79 Å². The monoisotopic (exact) mass is 253 g/mol. The van der Waals surface area contributed by atoms with Crippen molar-refractivity contribution >= 4 is 29.0 Å². The number of hydrogen-bond donors (Lipinski definition) is 2. The fourth-order valence-corrected chi connectivity index (χ4v) is 2.72. The summed E-state index contributed by atoms with van der Waals surface area (Å²) in [5.74, 6) is 1.24. The highest BCUT2D eigenvalue weighted by Crippen LogP contribution is 2.22. The zero-order valence-corrected chi connectivity index (χ0v) is 10.1. The van der Waals surface area contributed by atoms with Gasteiger partial charge in [0.15, 0.2) is 0 Å². The number of nitrogens with one attached hydrogen (secondary N) is 2. The first-order chi connectivity index (χ1) is 7.84. The number of thiophene rings is 1. The van der Waals surface area contributed by atoms with E-state index in [0.717, 1.165) is 10.0 Å². The van der Waals surface area contributed by atoms with Crippen molar-refractivity contribution in [2.75, 3.05) is 5.75 Å². The van der Waals surface area contributed by atoms with Crippen molar-refractivity contribution in [3.63, 3.8) is 0 Å². The maximum atomic E-state index is 11.5. The number of carbonyl (C=O) groups is 1. The molecule has 2 rings (SSSR count). The van der Waals surface area contributed by atoms with Crippen LogP contribution in [0.5, 0.6) is 0 Å². The molecule has 4 nitrogen and oxygen atoms in total. The van der Waals surface area contributed by atoms with Crippen LogP contribution in [0, 0.1) is 0 Å². The van der Waals surface area contributed by atoms with Crippen molar-refractivity contribution in [3.05, 3.63) is 35.7 Å². The lowest BCUT2D eigenvalue weighted by atomic mass is 10.5. The summed E-state index contributed by atoms with van der Waals surface area (Å²) in [6, 6.07) is 3.99. The number of hydrogen-bond acceptors (Lipinski definition) is 4. The molecule has 0 saturated carbocycles. The van der Waals surface area contributed by atoms with E-state index < -0.39 is 0 Å². The van der Waals surface area contributed by atoms with E-state index >= 15 is 0 Å². The topological polar surface area (TPSA) is 57.8 Å². The van der Waals surface area contributed by atoms with E-state index in [1.807, 2.05) is 17.5 Å². The van der Waals surface area contributed by atoms with Gasteiger partial charge in [0, 0.05) is 12.4 Å². The molecule has 2 aromatic rings. The number of aromatic nitrogens is 2. The third kappa shape index (κ3) is 3.39. The summed E-state index contributed by atoms with van der Waals surface area (Å²) in [7, 11) is 0. The van der Waals surface area contributed by atoms with Gasteiger partial charge in [-0.2, -0.15) is 0 Å². The van der Waals surface area contributed by atoms with Crippen molar-refractivity contribution in [2.45, 2.75) is 10.8 Å². The molecule has 0 atom stereocenters. The van der Waals surface area contributed by atoms with E-state index in [0.29, 0.717) is 12.3 Å². The molecule has 2 N–H and O–H groups in total. The number of rotatable bonds is 5. The molecule has 0 spiro atoms. The number of H-pyrrole nitrogens is 1. The van der Waals surface area contributed by atoms with E-state index in [1.54, 1.807) is 35.5 Å². The fraction of sp³-hybridized carbons (Fsp3) is 0.200. The predicted octanol–water partition coefficient (Wildman–Crippen LogP) is 1.88. The zero-order chi connectivity index (χ0) is 11.2. The molecule has 1 amide bonds. The molecule has 0 aliphatic rings. The summed E-state index contributed by atoms with van der Waals surface area (Å²) in [6.45, 7) is 0.455. The number of thioether (sulfide) groups is 1. The number of amides is 1.